The average Bonchev–Trinajstić information content (AvgIpc) is 2.65. The van der Waals surface area contributed by atoms with E-state index >= 15 is 0 Å². The first kappa shape index (κ1) is 17.1. The zero-order valence-corrected chi connectivity index (χ0v) is 14.1. The van der Waals surface area contributed by atoms with Gasteiger partial charge >= 0.3 is 0 Å². The van der Waals surface area contributed by atoms with Gasteiger partial charge in [-0.05, 0) is 17.7 Å². The molecule has 4 heteroatoms. The summed E-state index contributed by atoms with van der Waals surface area (Å²) < 4.78 is 5.92. The van der Waals surface area contributed by atoms with Crippen LogP contribution in [-0.2, 0) is 16.0 Å². The molecule has 2 aromatic carbocycles. The summed E-state index contributed by atoms with van der Waals surface area (Å²) in [5.41, 5.74) is 0.419. The molecule has 0 radical (unpaired) electrons. The van der Waals surface area contributed by atoms with Gasteiger partial charge in [-0.2, -0.15) is 0 Å². The standard InChI is InChI=1S/C21H21NO3/c1-2-13-21(16-17-9-5-3-6-10-17)20(24)22(14-15-25-21)19(23)18-11-7-4-8-12-18/h2-12H,1,13-16H2/t21-/m1/s1. The van der Waals surface area contributed by atoms with Crippen molar-refractivity contribution in [3.05, 3.63) is 84.4 Å². The number of ether oxygens (including phenoxy) is 1. The Morgan fingerprint density at radius 3 is 2.40 bits per heavy atom. The number of benzene rings is 2. The highest BCUT2D eigenvalue weighted by molar-refractivity contribution is 6.07. The second-order valence-electron chi connectivity index (χ2n) is 6.13. The van der Waals surface area contributed by atoms with Crippen molar-refractivity contribution in [2.24, 2.45) is 0 Å². The van der Waals surface area contributed by atoms with Gasteiger partial charge in [0.05, 0.1) is 13.2 Å². The number of hydrogen-bond donors (Lipinski definition) is 0. The van der Waals surface area contributed by atoms with Crippen molar-refractivity contribution in [3.63, 3.8) is 0 Å². The average molecular weight is 335 g/mol. The van der Waals surface area contributed by atoms with Gasteiger partial charge in [-0.25, -0.2) is 0 Å². The Kier molecular flexibility index (Phi) is 5.10. The molecule has 0 bridgehead atoms. The lowest BCUT2D eigenvalue weighted by molar-refractivity contribution is -0.167. The van der Waals surface area contributed by atoms with Crippen LogP contribution in [0.1, 0.15) is 22.3 Å². The molecule has 1 heterocycles. The van der Waals surface area contributed by atoms with E-state index in [0.29, 0.717) is 25.0 Å². The lowest BCUT2D eigenvalue weighted by Crippen LogP contribution is -2.59. The minimum atomic E-state index is -1.08. The number of imide groups is 1. The summed E-state index contributed by atoms with van der Waals surface area (Å²) in [6, 6.07) is 18.6. The summed E-state index contributed by atoms with van der Waals surface area (Å²) in [6.45, 7) is 4.36. The number of carbonyl (C=O) groups excluding carboxylic acids is 2. The van der Waals surface area contributed by atoms with E-state index in [0.717, 1.165) is 5.56 Å². The molecule has 1 aliphatic rings. The van der Waals surface area contributed by atoms with Crippen LogP contribution in [-0.4, -0.2) is 35.5 Å². The maximum Gasteiger partial charge on any atom is 0.262 e. The third-order valence-corrected chi connectivity index (χ3v) is 4.40. The normalized spacial score (nSPS) is 20.3. The van der Waals surface area contributed by atoms with Crippen LogP contribution in [0.15, 0.2) is 73.3 Å². The fraction of sp³-hybridized carbons (Fsp3) is 0.238. The SMILES string of the molecule is C=CC[C@]1(Cc2ccccc2)OCCN(C(=O)c2ccccc2)C1=O. The van der Waals surface area contributed by atoms with Crippen LogP contribution >= 0.6 is 0 Å². The van der Waals surface area contributed by atoms with E-state index in [2.05, 4.69) is 6.58 Å². The molecule has 25 heavy (non-hydrogen) atoms. The smallest absolute Gasteiger partial charge is 0.262 e. The minimum absolute atomic E-state index is 0.264. The van der Waals surface area contributed by atoms with Crippen molar-refractivity contribution >= 4 is 11.8 Å². The molecular weight excluding hydrogens is 314 g/mol. The topological polar surface area (TPSA) is 46.6 Å². The maximum atomic E-state index is 13.2. The van der Waals surface area contributed by atoms with E-state index in [-0.39, 0.29) is 18.4 Å². The fourth-order valence-electron chi connectivity index (χ4n) is 3.18. The summed E-state index contributed by atoms with van der Waals surface area (Å²) in [6.07, 6.45) is 2.45. The van der Waals surface area contributed by atoms with E-state index in [1.807, 2.05) is 36.4 Å². The van der Waals surface area contributed by atoms with Gasteiger partial charge in [-0.3, -0.25) is 14.5 Å². The quantitative estimate of drug-likeness (QED) is 0.622. The largest absolute Gasteiger partial charge is 0.363 e. The minimum Gasteiger partial charge on any atom is -0.363 e. The Bertz CT molecular complexity index is 757. The van der Waals surface area contributed by atoms with Crippen molar-refractivity contribution in [3.8, 4) is 0 Å². The van der Waals surface area contributed by atoms with Crippen LogP contribution < -0.4 is 0 Å². The van der Waals surface area contributed by atoms with Gasteiger partial charge in [-0.15, -0.1) is 6.58 Å². The Morgan fingerprint density at radius 1 is 1.12 bits per heavy atom. The Labute approximate surface area is 147 Å². The zero-order valence-electron chi connectivity index (χ0n) is 14.1. The molecule has 1 fully saturated rings. The molecular formula is C21H21NO3. The van der Waals surface area contributed by atoms with Crippen LogP contribution in [0.4, 0.5) is 0 Å². The predicted octanol–water partition coefficient (Wildman–Crippen LogP) is 3.24. The summed E-state index contributed by atoms with van der Waals surface area (Å²) >= 11 is 0. The highest BCUT2D eigenvalue weighted by Gasteiger charge is 2.46. The number of carbonyl (C=O) groups is 2. The highest BCUT2D eigenvalue weighted by atomic mass is 16.5. The van der Waals surface area contributed by atoms with Crippen LogP contribution in [0.2, 0.25) is 0 Å². The molecule has 3 rings (SSSR count). The zero-order chi connectivity index (χ0) is 17.7. The summed E-state index contributed by atoms with van der Waals surface area (Å²) in [5, 5.41) is 0. The van der Waals surface area contributed by atoms with Crippen molar-refractivity contribution in [1.29, 1.82) is 0 Å². The van der Waals surface area contributed by atoms with Crippen molar-refractivity contribution in [1.82, 2.24) is 4.90 Å². The van der Waals surface area contributed by atoms with E-state index in [9.17, 15) is 9.59 Å². The lowest BCUT2D eigenvalue weighted by atomic mass is 9.88. The molecule has 0 N–H and O–H groups in total. The van der Waals surface area contributed by atoms with Gasteiger partial charge in [0.15, 0.2) is 5.60 Å². The molecule has 2 amide bonds. The number of morpholine rings is 1. The lowest BCUT2D eigenvalue weighted by Gasteiger charge is -2.40. The van der Waals surface area contributed by atoms with Crippen molar-refractivity contribution in [2.45, 2.75) is 18.4 Å². The molecule has 1 aliphatic heterocycles. The molecule has 128 valence electrons. The second kappa shape index (κ2) is 7.45. The van der Waals surface area contributed by atoms with Gasteiger partial charge in [0.1, 0.15) is 0 Å². The third kappa shape index (κ3) is 3.54. The van der Waals surface area contributed by atoms with Crippen molar-refractivity contribution < 1.29 is 14.3 Å². The number of amides is 2. The first-order valence-electron chi connectivity index (χ1n) is 8.36. The van der Waals surface area contributed by atoms with Crippen LogP contribution in [0, 0.1) is 0 Å². The third-order valence-electron chi connectivity index (χ3n) is 4.40. The molecule has 4 nitrogen and oxygen atoms in total. The molecule has 0 unspecified atom stereocenters. The van der Waals surface area contributed by atoms with Gasteiger partial charge in [0.25, 0.3) is 11.8 Å². The molecule has 1 saturated heterocycles. The fourth-order valence-corrected chi connectivity index (χ4v) is 3.18. The summed E-state index contributed by atoms with van der Waals surface area (Å²) in [4.78, 5) is 27.3. The first-order valence-corrected chi connectivity index (χ1v) is 8.36. The van der Waals surface area contributed by atoms with E-state index in [1.54, 1.807) is 30.3 Å². The number of nitrogens with zero attached hydrogens (tertiary/aromatic N) is 1. The molecule has 0 saturated carbocycles. The van der Waals surface area contributed by atoms with Gasteiger partial charge in [0.2, 0.25) is 0 Å². The van der Waals surface area contributed by atoms with Crippen LogP contribution in [0.3, 0.4) is 0 Å². The Balaban J connectivity index is 1.90. The number of rotatable bonds is 5. The van der Waals surface area contributed by atoms with Gasteiger partial charge < -0.3 is 4.74 Å². The van der Waals surface area contributed by atoms with E-state index in [1.165, 1.54) is 4.90 Å². The van der Waals surface area contributed by atoms with E-state index in [4.69, 9.17) is 4.74 Å². The van der Waals surface area contributed by atoms with Crippen LogP contribution in [0.5, 0.6) is 0 Å². The predicted molar refractivity (Wildman–Crippen MR) is 96.1 cm³/mol. The molecule has 0 aliphatic carbocycles. The monoisotopic (exact) mass is 335 g/mol. The number of hydrogen-bond acceptors (Lipinski definition) is 3. The Morgan fingerprint density at radius 2 is 1.76 bits per heavy atom. The van der Waals surface area contributed by atoms with Crippen molar-refractivity contribution in [2.75, 3.05) is 13.2 Å². The first-order chi connectivity index (χ1) is 12.2. The summed E-state index contributed by atoms with van der Waals surface area (Å²) in [7, 11) is 0. The summed E-state index contributed by atoms with van der Waals surface area (Å²) in [5.74, 6) is -0.577. The highest BCUT2D eigenvalue weighted by Crippen LogP contribution is 2.29. The maximum absolute atomic E-state index is 13.2. The molecule has 1 atom stereocenters. The molecule has 0 spiro atoms. The second-order valence-corrected chi connectivity index (χ2v) is 6.13. The van der Waals surface area contributed by atoms with Gasteiger partial charge in [0, 0.05) is 18.4 Å². The van der Waals surface area contributed by atoms with E-state index < -0.39 is 5.60 Å². The molecule has 2 aromatic rings. The van der Waals surface area contributed by atoms with Gasteiger partial charge in [-0.1, -0.05) is 54.6 Å². The van der Waals surface area contributed by atoms with Crippen LogP contribution in [0.25, 0.3) is 0 Å². The molecule has 0 aromatic heterocycles. The Hall–Kier alpha value is -2.72.